The largest absolute Gasteiger partial charge is 0.309 e. The molecule has 1 atom stereocenters. The topological polar surface area (TPSA) is 58.6 Å². The zero-order valence-electron chi connectivity index (χ0n) is 13.4. The fourth-order valence-electron chi connectivity index (χ4n) is 2.57. The molecule has 0 unspecified atom stereocenters. The second kappa shape index (κ2) is 5.98. The van der Waals surface area contributed by atoms with Crippen molar-refractivity contribution in [1.82, 2.24) is 15.0 Å². The number of hydrogen-bond donors (Lipinski definition) is 1. The fourth-order valence-corrected chi connectivity index (χ4v) is 5.88. The van der Waals surface area contributed by atoms with E-state index in [4.69, 9.17) is 0 Å². The van der Waals surface area contributed by atoms with E-state index in [-0.39, 0.29) is 10.8 Å². The van der Waals surface area contributed by atoms with Crippen LogP contribution in [0.2, 0.25) is 0 Å². The number of rotatable bonds is 3. The summed E-state index contributed by atoms with van der Waals surface area (Å²) in [6.07, 6.45) is 0. The molecule has 0 bridgehead atoms. The van der Waals surface area contributed by atoms with Crippen LogP contribution in [-0.2, 0) is 0 Å². The summed E-state index contributed by atoms with van der Waals surface area (Å²) in [5, 5.41) is 0.754. The van der Waals surface area contributed by atoms with Gasteiger partial charge in [-0.15, -0.1) is 22.7 Å². The Morgan fingerprint density at radius 1 is 1.17 bits per heavy atom. The smallest absolute Gasteiger partial charge is 0.259 e. The highest BCUT2D eigenvalue weighted by Gasteiger charge is 2.17. The maximum absolute atomic E-state index is 12.4. The summed E-state index contributed by atoms with van der Waals surface area (Å²) in [7, 11) is 0. The Labute approximate surface area is 151 Å². The van der Waals surface area contributed by atoms with Gasteiger partial charge in [0.2, 0.25) is 0 Å². The van der Waals surface area contributed by atoms with Crippen molar-refractivity contribution in [2.45, 2.75) is 30.4 Å². The highest BCUT2D eigenvalue weighted by Crippen LogP contribution is 2.38. The average Bonchev–Trinajstić information content (AvgIpc) is 3.08. The Morgan fingerprint density at radius 3 is 2.75 bits per heavy atom. The summed E-state index contributed by atoms with van der Waals surface area (Å²) in [5.74, 6) is 0.706. The molecule has 1 N–H and O–H groups in total. The van der Waals surface area contributed by atoms with Crippen LogP contribution in [0.5, 0.6) is 0 Å². The molecule has 7 heteroatoms. The van der Waals surface area contributed by atoms with Gasteiger partial charge in [-0.1, -0.05) is 23.9 Å². The minimum atomic E-state index is -0.0476. The van der Waals surface area contributed by atoms with Gasteiger partial charge in [0.25, 0.3) is 5.56 Å². The van der Waals surface area contributed by atoms with Gasteiger partial charge in [-0.3, -0.25) is 4.79 Å². The summed E-state index contributed by atoms with van der Waals surface area (Å²) >= 11 is 4.88. The van der Waals surface area contributed by atoms with Crippen molar-refractivity contribution >= 4 is 54.9 Å². The average molecular weight is 374 g/mol. The molecule has 0 radical (unpaired) electrons. The first-order valence-corrected chi connectivity index (χ1v) is 10.1. The predicted molar refractivity (Wildman–Crippen MR) is 104 cm³/mol. The van der Waals surface area contributed by atoms with Crippen LogP contribution in [0.15, 0.2) is 33.4 Å². The maximum atomic E-state index is 12.4. The van der Waals surface area contributed by atoms with Crippen LogP contribution in [0.4, 0.5) is 0 Å². The SMILES string of the molecule is Cc1sc2nc([C@H](C)Sc3nc4ccccc4s3)[nH]c(=O)c2c1C. The monoisotopic (exact) mass is 373 g/mol. The van der Waals surface area contributed by atoms with Gasteiger partial charge in [0, 0.05) is 4.88 Å². The first-order chi connectivity index (χ1) is 11.5. The lowest BCUT2D eigenvalue weighted by atomic mass is 10.2. The molecule has 4 rings (SSSR count). The van der Waals surface area contributed by atoms with Crippen molar-refractivity contribution in [3.05, 3.63) is 50.9 Å². The summed E-state index contributed by atoms with van der Waals surface area (Å²) < 4.78 is 2.17. The molecule has 4 aromatic rings. The molecule has 0 fully saturated rings. The van der Waals surface area contributed by atoms with Crippen LogP contribution in [0.3, 0.4) is 0 Å². The normalized spacial score (nSPS) is 13.0. The van der Waals surface area contributed by atoms with E-state index in [9.17, 15) is 4.79 Å². The van der Waals surface area contributed by atoms with Gasteiger partial charge in [0.15, 0.2) is 4.34 Å². The van der Waals surface area contributed by atoms with Gasteiger partial charge in [-0.2, -0.15) is 0 Å². The van der Waals surface area contributed by atoms with Crippen molar-refractivity contribution in [3.8, 4) is 0 Å². The summed E-state index contributed by atoms with van der Waals surface area (Å²) in [6.45, 7) is 6.05. The predicted octanol–water partition coefficient (Wildman–Crippen LogP) is 5.06. The van der Waals surface area contributed by atoms with Gasteiger partial charge < -0.3 is 4.98 Å². The van der Waals surface area contributed by atoms with Crippen molar-refractivity contribution in [1.29, 1.82) is 0 Å². The third kappa shape index (κ3) is 2.66. The van der Waals surface area contributed by atoms with Crippen LogP contribution < -0.4 is 5.56 Å². The number of aryl methyl sites for hydroxylation is 2. The van der Waals surface area contributed by atoms with Gasteiger partial charge in [-0.25, -0.2) is 9.97 Å². The van der Waals surface area contributed by atoms with Crippen LogP contribution >= 0.6 is 34.4 Å². The van der Waals surface area contributed by atoms with Crippen molar-refractivity contribution in [3.63, 3.8) is 0 Å². The third-order valence-electron chi connectivity index (χ3n) is 3.99. The van der Waals surface area contributed by atoms with Crippen LogP contribution in [0, 0.1) is 13.8 Å². The van der Waals surface area contributed by atoms with Crippen molar-refractivity contribution in [2.24, 2.45) is 0 Å². The minimum absolute atomic E-state index is 0.0328. The first kappa shape index (κ1) is 15.8. The van der Waals surface area contributed by atoms with Gasteiger partial charge in [-0.05, 0) is 38.5 Å². The molecule has 3 aromatic heterocycles. The molecular formula is C17H15N3OS3. The third-order valence-corrected chi connectivity index (χ3v) is 7.33. The Kier molecular flexibility index (Phi) is 3.94. The molecule has 122 valence electrons. The Morgan fingerprint density at radius 2 is 1.96 bits per heavy atom. The quantitative estimate of drug-likeness (QED) is 0.510. The molecule has 1 aromatic carbocycles. The van der Waals surface area contributed by atoms with E-state index in [2.05, 4.69) is 21.0 Å². The molecule has 3 heterocycles. The number of aromatic amines is 1. The summed E-state index contributed by atoms with van der Waals surface area (Å²) in [5.41, 5.74) is 1.99. The van der Waals surface area contributed by atoms with Crippen LogP contribution in [-0.4, -0.2) is 15.0 Å². The maximum Gasteiger partial charge on any atom is 0.259 e. The lowest BCUT2D eigenvalue weighted by Crippen LogP contribution is -2.12. The van der Waals surface area contributed by atoms with Gasteiger partial charge in [0.1, 0.15) is 10.7 Å². The number of aromatic nitrogens is 3. The van der Waals surface area contributed by atoms with Crippen molar-refractivity contribution < 1.29 is 0 Å². The number of para-hydroxylation sites is 1. The zero-order valence-corrected chi connectivity index (χ0v) is 15.9. The van der Waals surface area contributed by atoms with Gasteiger partial charge in [0.05, 0.1) is 20.9 Å². The second-order valence-electron chi connectivity index (χ2n) is 5.62. The molecule has 0 amide bonds. The number of hydrogen-bond acceptors (Lipinski definition) is 6. The van der Waals surface area contributed by atoms with Crippen LogP contribution in [0.25, 0.3) is 20.4 Å². The highest BCUT2D eigenvalue weighted by atomic mass is 32.2. The summed E-state index contributed by atoms with van der Waals surface area (Å²) in [4.78, 5) is 26.7. The number of H-pyrrole nitrogens is 1. The molecular weight excluding hydrogens is 358 g/mol. The molecule has 24 heavy (non-hydrogen) atoms. The number of thioether (sulfide) groups is 1. The van der Waals surface area contributed by atoms with Crippen molar-refractivity contribution in [2.75, 3.05) is 0 Å². The first-order valence-electron chi connectivity index (χ1n) is 7.55. The van der Waals surface area contributed by atoms with E-state index in [1.807, 2.05) is 39.0 Å². The zero-order chi connectivity index (χ0) is 16.8. The number of nitrogens with zero attached hydrogens (tertiary/aromatic N) is 2. The molecule has 0 aliphatic heterocycles. The lowest BCUT2D eigenvalue weighted by Gasteiger charge is -2.08. The number of thiophene rings is 1. The number of nitrogens with one attached hydrogen (secondary N) is 1. The molecule has 0 saturated heterocycles. The highest BCUT2D eigenvalue weighted by molar-refractivity contribution is 8.01. The van der Waals surface area contributed by atoms with E-state index in [0.29, 0.717) is 5.82 Å². The standard InChI is InChI=1S/C17H15N3OS3/c1-8-9(2)22-16-13(8)15(21)19-14(20-16)10(3)23-17-18-11-6-4-5-7-12(11)24-17/h4-7,10H,1-3H3,(H,19,20,21)/t10-/m0/s1. The summed E-state index contributed by atoms with van der Waals surface area (Å²) in [6, 6.07) is 8.11. The van der Waals surface area contributed by atoms with E-state index in [1.165, 1.54) is 4.70 Å². The van der Waals surface area contributed by atoms with Crippen LogP contribution in [0.1, 0.15) is 28.4 Å². The Bertz CT molecular complexity index is 1080. The number of fused-ring (bicyclic) bond motifs is 2. The van der Waals surface area contributed by atoms with Gasteiger partial charge >= 0.3 is 0 Å². The van der Waals surface area contributed by atoms with E-state index < -0.39 is 0 Å². The second-order valence-corrected chi connectivity index (χ2v) is 9.44. The number of benzene rings is 1. The molecule has 4 nitrogen and oxygen atoms in total. The molecule has 0 saturated carbocycles. The molecule has 0 aliphatic carbocycles. The minimum Gasteiger partial charge on any atom is -0.309 e. The number of thiazole rings is 1. The van der Waals surface area contributed by atoms with E-state index >= 15 is 0 Å². The lowest BCUT2D eigenvalue weighted by molar-refractivity contribution is 0.924. The molecule has 0 spiro atoms. The van der Waals surface area contributed by atoms with E-state index in [0.717, 1.165) is 30.5 Å². The van der Waals surface area contributed by atoms with E-state index in [1.54, 1.807) is 34.4 Å². The fraction of sp³-hybridized carbons (Fsp3) is 0.235. The molecule has 0 aliphatic rings. The Hall–Kier alpha value is -1.70. The Balaban J connectivity index is 1.70.